The number of hydrogen-bond acceptors (Lipinski definition) is 6. The first-order valence-corrected chi connectivity index (χ1v) is 13.9. The normalized spacial score (nSPS) is 18.3. The zero-order valence-electron chi connectivity index (χ0n) is 20.9. The number of nitrogens with zero attached hydrogens (tertiary/aromatic N) is 4. The summed E-state index contributed by atoms with van der Waals surface area (Å²) in [5, 5.41) is 2.92. The molecule has 2 amide bonds. The molecule has 0 aromatic heterocycles. The molecule has 2 heterocycles. The summed E-state index contributed by atoms with van der Waals surface area (Å²) in [5.41, 5.74) is 1.31. The van der Waals surface area contributed by atoms with Crippen LogP contribution in [0.2, 0.25) is 0 Å². The summed E-state index contributed by atoms with van der Waals surface area (Å²) in [7, 11) is -3.69. The first kappa shape index (κ1) is 26.4. The molecule has 2 aliphatic heterocycles. The van der Waals surface area contributed by atoms with E-state index in [1.165, 1.54) is 9.21 Å². The molecule has 10 heteroatoms. The van der Waals surface area contributed by atoms with Crippen LogP contribution in [0.1, 0.15) is 47.0 Å². The monoisotopic (exact) mass is 493 g/mol. The summed E-state index contributed by atoms with van der Waals surface area (Å²) < 4.78 is 27.7. The number of sulfonamides is 1. The van der Waals surface area contributed by atoms with E-state index >= 15 is 0 Å². The van der Waals surface area contributed by atoms with Crippen molar-refractivity contribution < 1.29 is 18.0 Å². The Kier molecular flexibility index (Phi) is 8.95. The molecule has 1 aromatic carbocycles. The molecule has 1 fully saturated rings. The summed E-state index contributed by atoms with van der Waals surface area (Å²) in [6.45, 7) is 12.2. The summed E-state index contributed by atoms with van der Waals surface area (Å²) in [6.07, 6.45) is 2.67. The van der Waals surface area contributed by atoms with Crippen LogP contribution in [0, 0.1) is 0 Å². The Balaban J connectivity index is 1.90. The van der Waals surface area contributed by atoms with Crippen molar-refractivity contribution in [3.05, 3.63) is 18.2 Å². The lowest BCUT2D eigenvalue weighted by Crippen LogP contribution is -2.57. The first-order chi connectivity index (χ1) is 16.3. The van der Waals surface area contributed by atoms with E-state index in [9.17, 15) is 18.0 Å². The van der Waals surface area contributed by atoms with Crippen LogP contribution in [-0.2, 0) is 19.6 Å². The van der Waals surface area contributed by atoms with Crippen molar-refractivity contribution in [3.8, 4) is 0 Å². The zero-order chi connectivity index (χ0) is 24.9. The molecule has 190 valence electrons. The summed E-state index contributed by atoms with van der Waals surface area (Å²) in [5.74, 6) is -0.379. The Labute approximate surface area is 204 Å². The maximum atomic E-state index is 13.5. The molecule has 0 bridgehead atoms. The SMILES string of the molecule is CCN(CC)CCNC(=O)CN1C(=O)[C@H]2CCCCN2c2ccc(S(=O)(=O)N(CC)CC)cc21. The lowest BCUT2D eigenvalue weighted by Gasteiger charge is -2.45. The van der Waals surface area contributed by atoms with Gasteiger partial charge < -0.3 is 15.1 Å². The number of amides is 2. The Morgan fingerprint density at radius 1 is 1.06 bits per heavy atom. The average Bonchev–Trinajstić information content (AvgIpc) is 2.84. The Hall–Kier alpha value is -2.17. The summed E-state index contributed by atoms with van der Waals surface area (Å²) >= 11 is 0. The van der Waals surface area contributed by atoms with Gasteiger partial charge in [-0.15, -0.1) is 0 Å². The molecule has 1 N–H and O–H groups in total. The lowest BCUT2D eigenvalue weighted by molar-refractivity contribution is -0.125. The molecule has 0 unspecified atom stereocenters. The van der Waals surface area contributed by atoms with E-state index in [4.69, 9.17) is 0 Å². The van der Waals surface area contributed by atoms with E-state index in [1.54, 1.807) is 32.0 Å². The zero-order valence-corrected chi connectivity index (χ0v) is 21.7. The molecular weight excluding hydrogens is 454 g/mol. The van der Waals surface area contributed by atoms with E-state index in [0.29, 0.717) is 25.3 Å². The van der Waals surface area contributed by atoms with E-state index < -0.39 is 10.0 Å². The molecule has 0 saturated carbocycles. The van der Waals surface area contributed by atoms with Crippen LogP contribution in [0.3, 0.4) is 0 Å². The minimum absolute atomic E-state index is 0.122. The van der Waals surface area contributed by atoms with Crippen molar-refractivity contribution in [2.75, 3.05) is 62.2 Å². The second kappa shape index (κ2) is 11.5. The molecule has 34 heavy (non-hydrogen) atoms. The smallest absolute Gasteiger partial charge is 0.250 e. The molecule has 1 atom stereocenters. The van der Waals surface area contributed by atoms with Crippen molar-refractivity contribution in [1.29, 1.82) is 0 Å². The Morgan fingerprint density at radius 2 is 1.76 bits per heavy atom. The summed E-state index contributed by atoms with van der Waals surface area (Å²) in [4.78, 5) is 32.2. The van der Waals surface area contributed by atoms with Gasteiger partial charge in [-0.25, -0.2) is 8.42 Å². The van der Waals surface area contributed by atoms with E-state index in [2.05, 4.69) is 29.0 Å². The number of rotatable bonds is 11. The van der Waals surface area contributed by atoms with Gasteiger partial charge in [0, 0.05) is 32.7 Å². The first-order valence-electron chi connectivity index (χ1n) is 12.5. The van der Waals surface area contributed by atoms with Crippen LogP contribution in [0.25, 0.3) is 0 Å². The van der Waals surface area contributed by atoms with Crippen molar-refractivity contribution >= 4 is 33.2 Å². The van der Waals surface area contributed by atoms with Crippen LogP contribution in [0.5, 0.6) is 0 Å². The van der Waals surface area contributed by atoms with Gasteiger partial charge in [0.05, 0.1) is 16.3 Å². The van der Waals surface area contributed by atoms with Gasteiger partial charge in [0.25, 0.3) is 0 Å². The fourth-order valence-electron chi connectivity index (χ4n) is 4.87. The molecule has 9 nitrogen and oxygen atoms in total. The van der Waals surface area contributed by atoms with Gasteiger partial charge in [-0.05, 0) is 50.6 Å². The van der Waals surface area contributed by atoms with Crippen molar-refractivity contribution in [2.24, 2.45) is 0 Å². The number of nitrogens with one attached hydrogen (secondary N) is 1. The van der Waals surface area contributed by atoms with E-state index in [-0.39, 0.29) is 29.3 Å². The van der Waals surface area contributed by atoms with Crippen molar-refractivity contribution in [3.63, 3.8) is 0 Å². The van der Waals surface area contributed by atoms with Gasteiger partial charge >= 0.3 is 0 Å². The highest BCUT2D eigenvalue weighted by molar-refractivity contribution is 7.89. The number of hydrogen-bond donors (Lipinski definition) is 1. The maximum absolute atomic E-state index is 13.5. The van der Waals surface area contributed by atoms with Gasteiger partial charge in [0.2, 0.25) is 21.8 Å². The summed E-state index contributed by atoms with van der Waals surface area (Å²) in [6, 6.07) is 4.67. The maximum Gasteiger partial charge on any atom is 0.250 e. The molecule has 0 radical (unpaired) electrons. The van der Waals surface area contributed by atoms with Crippen LogP contribution in [0.4, 0.5) is 11.4 Å². The highest BCUT2D eigenvalue weighted by atomic mass is 32.2. The van der Waals surface area contributed by atoms with Gasteiger partial charge in [0.1, 0.15) is 12.6 Å². The molecule has 1 aromatic rings. The Morgan fingerprint density at radius 3 is 2.41 bits per heavy atom. The fourth-order valence-corrected chi connectivity index (χ4v) is 6.35. The third-order valence-corrected chi connectivity index (χ3v) is 8.94. The second-order valence-corrected chi connectivity index (χ2v) is 10.7. The number of piperidine rings is 1. The molecule has 0 aliphatic carbocycles. The number of carbonyl (C=O) groups excluding carboxylic acids is 2. The topological polar surface area (TPSA) is 93.3 Å². The van der Waals surface area contributed by atoms with E-state index in [0.717, 1.165) is 51.1 Å². The Bertz CT molecular complexity index is 976. The van der Waals surface area contributed by atoms with E-state index in [1.807, 2.05) is 0 Å². The second-order valence-electron chi connectivity index (χ2n) is 8.75. The number of likely N-dealkylation sites (N-methyl/N-ethyl adjacent to an activating group) is 1. The van der Waals surface area contributed by atoms with Crippen LogP contribution < -0.4 is 15.1 Å². The van der Waals surface area contributed by atoms with Crippen LogP contribution in [0.15, 0.2) is 23.1 Å². The average molecular weight is 494 g/mol. The van der Waals surface area contributed by atoms with Gasteiger partial charge in [-0.2, -0.15) is 4.31 Å². The number of carbonyl (C=O) groups is 2. The standard InChI is InChI=1S/C24H39N5O4S/c1-5-26(6-2)16-14-25-23(30)18-29-22-17-19(34(32,33)27(7-3)8-4)12-13-20(22)28-15-10-9-11-21(28)24(29)31/h12-13,17,21H,5-11,14-16,18H2,1-4H3,(H,25,30)/t21-/m1/s1. The highest BCUT2D eigenvalue weighted by Crippen LogP contribution is 2.40. The largest absolute Gasteiger partial charge is 0.358 e. The van der Waals surface area contributed by atoms with Gasteiger partial charge in [-0.3, -0.25) is 14.5 Å². The molecule has 2 aliphatic rings. The minimum Gasteiger partial charge on any atom is -0.358 e. The fraction of sp³-hybridized carbons (Fsp3) is 0.667. The predicted molar refractivity (Wildman–Crippen MR) is 135 cm³/mol. The number of anilines is 2. The van der Waals surface area contributed by atoms with Gasteiger partial charge in [-0.1, -0.05) is 27.7 Å². The quantitative estimate of drug-likeness (QED) is 0.506. The lowest BCUT2D eigenvalue weighted by atomic mass is 9.96. The predicted octanol–water partition coefficient (Wildman–Crippen LogP) is 1.88. The van der Waals surface area contributed by atoms with Crippen LogP contribution in [-0.4, -0.2) is 87.8 Å². The molecule has 0 spiro atoms. The number of fused-ring (bicyclic) bond motifs is 3. The third kappa shape index (κ3) is 5.39. The third-order valence-electron chi connectivity index (χ3n) is 6.89. The highest BCUT2D eigenvalue weighted by Gasteiger charge is 2.40. The van der Waals surface area contributed by atoms with Gasteiger partial charge in [0.15, 0.2) is 0 Å². The number of benzene rings is 1. The molecular formula is C24H39N5O4S. The van der Waals surface area contributed by atoms with Crippen LogP contribution >= 0.6 is 0 Å². The van der Waals surface area contributed by atoms with Crippen molar-refractivity contribution in [1.82, 2.24) is 14.5 Å². The molecule has 3 rings (SSSR count). The minimum atomic E-state index is -3.69. The van der Waals surface area contributed by atoms with Crippen molar-refractivity contribution in [2.45, 2.75) is 57.9 Å². The molecule has 1 saturated heterocycles.